The molecule has 9 heteroatoms. The fourth-order valence-corrected chi connectivity index (χ4v) is 3.74. The Hall–Kier alpha value is -3.59. The van der Waals surface area contributed by atoms with Crippen LogP contribution in [-0.2, 0) is 6.54 Å². The van der Waals surface area contributed by atoms with Crippen LogP contribution in [0, 0.1) is 0 Å². The quantitative estimate of drug-likeness (QED) is 0.453. The van der Waals surface area contributed by atoms with E-state index in [1.165, 1.54) is 11.9 Å². The van der Waals surface area contributed by atoms with Gasteiger partial charge in [-0.25, -0.2) is 15.0 Å². The van der Waals surface area contributed by atoms with Crippen molar-refractivity contribution in [2.24, 2.45) is 0 Å². The lowest BCUT2D eigenvalue weighted by atomic mass is 10.0. The number of aromatic amines is 1. The van der Waals surface area contributed by atoms with Gasteiger partial charge in [0.05, 0.1) is 6.33 Å². The fourth-order valence-electron chi connectivity index (χ4n) is 3.74. The molecule has 0 bridgehead atoms. The first-order valence-electron chi connectivity index (χ1n) is 10.1. The van der Waals surface area contributed by atoms with Crippen molar-refractivity contribution in [1.29, 1.82) is 0 Å². The first kappa shape index (κ1) is 18.4. The molecule has 0 atom stereocenters. The molecule has 1 aliphatic heterocycles. The number of likely N-dealkylation sites (tertiary alicyclic amines) is 1. The zero-order chi connectivity index (χ0) is 20.2. The number of H-pyrrole nitrogens is 1. The lowest BCUT2D eigenvalue weighted by Crippen LogP contribution is -2.38. The number of hydrogen-bond donors (Lipinski definition) is 3. The van der Waals surface area contributed by atoms with Crippen LogP contribution in [0.2, 0.25) is 0 Å². The lowest BCUT2D eigenvalue weighted by Gasteiger charge is -2.32. The number of hydrogen-bond acceptors (Lipinski definition) is 8. The number of rotatable bonds is 6. The first-order chi connectivity index (χ1) is 14.8. The van der Waals surface area contributed by atoms with E-state index in [0.717, 1.165) is 43.8 Å². The highest BCUT2D eigenvalue weighted by molar-refractivity contribution is 5.84. The van der Waals surface area contributed by atoms with E-state index in [0.29, 0.717) is 23.5 Å². The number of imidazole rings is 1. The van der Waals surface area contributed by atoms with Crippen molar-refractivity contribution >= 4 is 28.7 Å². The molecule has 3 aromatic heterocycles. The molecule has 5 rings (SSSR count). The van der Waals surface area contributed by atoms with E-state index in [1.807, 2.05) is 0 Å². The molecular weight excluding hydrogens is 378 g/mol. The average Bonchev–Trinajstić information content (AvgIpc) is 3.26. The number of fused-ring (bicyclic) bond motifs is 1. The summed E-state index contributed by atoms with van der Waals surface area (Å²) >= 11 is 0. The van der Waals surface area contributed by atoms with E-state index < -0.39 is 0 Å². The predicted molar refractivity (Wildman–Crippen MR) is 115 cm³/mol. The molecule has 0 aliphatic carbocycles. The van der Waals surface area contributed by atoms with Crippen molar-refractivity contribution in [3.8, 4) is 0 Å². The minimum absolute atomic E-state index is 0.352. The maximum atomic E-state index is 4.67. The van der Waals surface area contributed by atoms with Crippen LogP contribution in [0.25, 0.3) is 11.2 Å². The van der Waals surface area contributed by atoms with Crippen molar-refractivity contribution in [3.05, 3.63) is 60.8 Å². The largest absolute Gasteiger partial charge is 0.365 e. The molecule has 3 N–H and O–H groups in total. The Bertz CT molecular complexity index is 1090. The van der Waals surface area contributed by atoms with Crippen LogP contribution in [0.15, 0.2) is 55.2 Å². The summed E-state index contributed by atoms with van der Waals surface area (Å²) in [6.07, 6.45) is 6.91. The summed E-state index contributed by atoms with van der Waals surface area (Å²) in [7, 11) is 0. The summed E-state index contributed by atoms with van der Waals surface area (Å²) in [4.78, 5) is 27.2. The molecule has 1 aliphatic rings. The Morgan fingerprint density at radius 2 is 1.90 bits per heavy atom. The molecule has 1 aromatic carbocycles. The SMILES string of the molecule is c1ccc(CN2CCC(Nc3nc(Nc4ccncn4)nc4nc[nH]c34)CC2)cc1. The molecular formula is C21H23N9. The molecule has 0 spiro atoms. The molecule has 152 valence electrons. The van der Waals surface area contributed by atoms with E-state index in [1.54, 1.807) is 18.6 Å². The average molecular weight is 401 g/mol. The van der Waals surface area contributed by atoms with Gasteiger partial charge in [0, 0.05) is 31.9 Å². The predicted octanol–water partition coefficient (Wildman–Crippen LogP) is 2.96. The van der Waals surface area contributed by atoms with Crippen LogP contribution in [0.5, 0.6) is 0 Å². The van der Waals surface area contributed by atoms with Gasteiger partial charge in [-0.3, -0.25) is 4.90 Å². The van der Waals surface area contributed by atoms with Gasteiger partial charge < -0.3 is 15.6 Å². The summed E-state index contributed by atoms with van der Waals surface area (Å²) in [5, 5.41) is 6.72. The second-order valence-electron chi connectivity index (χ2n) is 7.40. The smallest absolute Gasteiger partial charge is 0.232 e. The van der Waals surface area contributed by atoms with Gasteiger partial charge in [0.15, 0.2) is 11.5 Å². The Labute approximate surface area is 174 Å². The van der Waals surface area contributed by atoms with Crippen molar-refractivity contribution in [3.63, 3.8) is 0 Å². The second kappa shape index (κ2) is 8.42. The van der Waals surface area contributed by atoms with Gasteiger partial charge in [0.1, 0.15) is 17.7 Å². The third-order valence-corrected chi connectivity index (χ3v) is 5.28. The van der Waals surface area contributed by atoms with Crippen LogP contribution in [-0.4, -0.2) is 53.9 Å². The maximum absolute atomic E-state index is 4.67. The number of anilines is 3. The van der Waals surface area contributed by atoms with Crippen LogP contribution >= 0.6 is 0 Å². The molecule has 4 aromatic rings. The van der Waals surface area contributed by atoms with E-state index in [4.69, 9.17) is 0 Å². The Morgan fingerprint density at radius 3 is 2.70 bits per heavy atom. The Kier molecular flexibility index (Phi) is 5.17. The van der Waals surface area contributed by atoms with E-state index in [9.17, 15) is 0 Å². The van der Waals surface area contributed by atoms with Gasteiger partial charge in [0.2, 0.25) is 5.95 Å². The highest BCUT2D eigenvalue weighted by atomic mass is 15.2. The lowest BCUT2D eigenvalue weighted by molar-refractivity contribution is 0.211. The monoisotopic (exact) mass is 401 g/mol. The first-order valence-corrected chi connectivity index (χ1v) is 10.1. The minimum Gasteiger partial charge on any atom is -0.365 e. The fraction of sp³-hybridized carbons (Fsp3) is 0.286. The molecule has 4 heterocycles. The summed E-state index contributed by atoms with van der Waals surface area (Å²) < 4.78 is 0. The number of nitrogens with zero attached hydrogens (tertiary/aromatic N) is 6. The van der Waals surface area contributed by atoms with E-state index in [2.05, 4.69) is 75.8 Å². The summed E-state index contributed by atoms with van der Waals surface area (Å²) in [6.45, 7) is 3.10. The highest BCUT2D eigenvalue weighted by Gasteiger charge is 2.21. The number of nitrogens with one attached hydrogen (secondary N) is 3. The van der Waals surface area contributed by atoms with Gasteiger partial charge in [-0.15, -0.1) is 0 Å². The molecule has 0 amide bonds. The third kappa shape index (κ3) is 4.20. The molecule has 9 nitrogen and oxygen atoms in total. The van der Waals surface area contributed by atoms with Crippen LogP contribution < -0.4 is 10.6 Å². The molecule has 0 radical (unpaired) electrons. The molecule has 0 saturated carbocycles. The van der Waals surface area contributed by atoms with Crippen LogP contribution in [0.4, 0.5) is 17.6 Å². The van der Waals surface area contributed by atoms with Gasteiger partial charge >= 0.3 is 0 Å². The normalized spacial score (nSPS) is 15.3. The Balaban J connectivity index is 1.27. The van der Waals surface area contributed by atoms with Crippen molar-refractivity contribution in [2.45, 2.75) is 25.4 Å². The van der Waals surface area contributed by atoms with Crippen molar-refractivity contribution < 1.29 is 0 Å². The van der Waals surface area contributed by atoms with Gasteiger partial charge in [-0.1, -0.05) is 30.3 Å². The van der Waals surface area contributed by atoms with Crippen LogP contribution in [0.3, 0.4) is 0 Å². The van der Waals surface area contributed by atoms with Crippen molar-refractivity contribution in [2.75, 3.05) is 23.7 Å². The zero-order valence-electron chi connectivity index (χ0n) is 16.5. The summed E-state index contributed by atoms with van der Waals surface area (Å²) in [5.74, 6) is 1.85. The van der Waals surface area contributed by atoms with E-state index in [-0.39, 0.29) is 0 Å². The minimum atomic E-state index is 0.352. The van der Waals surface area contributed by atoms with Crippen LogP contribution in [0.1, 0.15) is 18.4 Å². The van der Waals surface area contributed by atoms with E-state index >= 15 is 0 Å². The maximum Gasteiger partial charge on any atom is 0.232 e. The summed E-state index contributed by atoms with van der Waals surface area (Å²) in [6, 6.07) is 12.8. The third-order valence-electron chi connectivity index (χ3n) is 5.28. The van der Waals surface area contributed by atoms with Crippen molar-refractivity contribution in [1.82, 2.24) is 34.8 Å². The molecule has 30 heavy (non-hydrogen) atoms. The Morgan fingerprint density at radius 1 is 1.03 bits per heavy atom. The summed E-state index contributed by atoms with van der Waals surface area (Å²) in [5.41, 5.74) is 2.79. The molecule has 1 saturated heterocycles. The number of piperidine rings is 1. The second-order valence-corrected chi connectivity index (χ2v) is 7.40. The van der Waals surface area contributed by atoms with Gasteiger partial charge in [0.25, 0.3) is 0 Å². The molecule has 0 unspecified atom stereocenters. The molecule has 1 fully saturated rings. The van der Waals surface area contributed by atoms with Gasteiger partial charge in [-0.05, 0) is 24.5 Å². The number of aromatic nitrogens is 6. The zero-order valence-corrected chi connectivity index (χ0v) is 16.5. The van der Waals surface area contributed by atoms with Gasteiger partial charge in [-0.2, -0.15) is 9.97 Å². The highest BCUT2D eigenvalue weighted by Crippen LogP contribution is 2.23. The number of benzene rings is 1. The standard InChI is InChI=1S/C21H23N9/c1-2-4-15(5-3-1)12-30-10-7-16(8-11-30)26-20-18-19(25-14-24-18)28-21(29-20)27-17-6-9-22-13-23-17/h1-6,9,13-14,16H,7-8,10-12H2,(H3,22,23,24,25,26,27,28,29). The topological polar surface area (TPSA) is 108 Å².